The summed E-state index contributed by atoms with van der Waals surface area (Å²) in [5.74, 6) is 2.23. The van der Waals surface area contributed by atoms with Crippen LogP contribution >= 0.6 is 15.9 Å². The number of allylic oxidation sites excluding steroid dienone is 1. The molecule has 0 saturated carbocycles. The Kier molecular flexibility index (Phi) is 6.83. The molecule has 164 valence electrons. The molecular weight excluding hydrogens is 448 g/mol. The summed E-state index contributed by atoms with van der Waals surface area (Å²) in [5.41, 5.74) is 2.14. The van der Waals surface area contributed by atoms with Crippen LogP contribution in [-0.2, 0) is 19.7 Å². The predicted octanol–water partition coefficient (Wildman–Crippen LogP) is 4.68. The number of benzene rings is 1. The van der Waals surface area contributed by atoms with E-state index in [2.05, 4.69) is 39.0 Å². The van der Waals surface area contributed by atoms with Crippen LogP contribution in [0.2, 0.25) is 0 Å². The lowest BCUT2D eigenvalue weighted by atomic mass is 9.74. The second kappa shape index (κ2) is 9.03. The Morgan fingerprint density at radius 3 is 2.57 bits per heavy atom. The van der Waals surface area contributed by atoms with E-state index in [1.165, 1.54) is 18.4 Å². The Balaban J connectivity index is 1.71. The van der Waals surface area contributed by atoms with E-state index >= 15 is 0 Å². The highest BCUT2D eigenvalue weighted by molar-refractivity contribution is 9.10. The Hall–Kier alpha value is -1.98. The zero-order valence-electron chi connectivity index (χ0n) is 18.3. The molecule has 2 aliphatic rings. The number of rotatable bonds is 5. The quantitative estimate of drug-likeness (QED) is 0.454. The summed E-state index contributed by atoms with van der Waals surface area (Å²) < 4.78 is 11.7. The second-order valence-corrected chi connectivity index (χ2v) is 10.1. The van der Waals surface area contributed by atoms with Crippen molar-refractivity contribution < 1.29 is 19.1 Å². The van der Waals surface area contributed by atoms with Gasteiger partial charge in [0.05, 0.1) is 7.11 Å². The molecule has 0 atom stereocenters. The van der Waals surface area contributed by atoms with E-state index in [9.17, 15) is 9.59 Å². The summed E-state index contributed by atoms with van der Waals surface area (Å²) in [6.45, 7) is 8.84. The van der Waals surface area contributed by atoms with Gasteiger partial charge in [-0.1, -0.05) is 15.9 Å². The molecule has 1 amide bonds. The number of halogens is 1. The maximum Gasteiger partial charge on any atom is 0.410 e. The Morgan fingerprint density at radius 2 is 1.97 bits per heavy atom. The average Bonchev–Trinajstić information content (AvgIpc) is 2.97. The van der Waals surface area contributed by atoms with E-state index in [0.29, 0.717) is 25.3 Å². The van der Waals surface area contributed by atoms with Gasteiger partial charge in [-0.15, -0.1) is 0 Å². The van der Waals surface area contributed by atoms with Crippen LogP contribution in [0.5, 0.6) is 0 Å². The van der Waals surface area contributed by atoms with Gasteiger partial charge >= 0.3 is 6.09 Å². The molecule has 0 aliphatic carbocycles. The van der Waals surface area contributed by atoms with Crippen molar-refractivity contribution in [2.45, 2.75) is 57.5 Å². The highest BCUT2D eigenvalue weighted by Gasteiger charge is 2.45. The van der Waals surface area contributed by atoms with E-state index < -0.39 is 5.60 Å². The molecule has 7 heteroatoms. The Bertz CT molecular complexity index is 834. The number of likely N-dealkylation sites (tertiary alicyclic amines) is 1. The van der Waals surface area contributed by atoms with Gasteiger partial charge in [0, 0.05) is 48.2 Å². The third-order valence-electron chi connectivity index (χ3n) is 5.93. The average molecular weight is 479 g/mol. The fourth-order valence-corrected chi connectivity index (χ4v) is 4.80. The molecule has 2 heterocycles. The van der Waals surface area contributed by atoms with E-state index in [1.54, 1.807) is 0 Å². The van der Waals surface area contributed by atoms with Gasteiger partial charge in [-0.2, -0.15) is 0 Å². The number of methoxy groups -OCH3 is 1. The topological polar surface area (TPSA) is 59.1 Å². The molecule has 0 N–H and O–H groups in total. The van der Waals surface area contributed by atoms with Crippen molar-refractivity contribution in [3.8, 4) is 0 Å². The molecule has 3 rings (SSSR count). The number of carbonyl (C=O) groups is 1. The van der Waals surface area contributed by atoms with Crippen LogP contribution in [0.25, 0.3) is 0 Å². The van der Waals surface area contributed by atoms with Crippen LogP contribution in [0, 0.1) is 0 Å². The first-order valence-electron chi connectivity index (χ1n) is 10.5. The maximum absolute atomic E-state index is 12.5. The third-order valence-corrected chi connectivity index (χ3v) is 6.42. The molecule has 0 radical (unpaired) electrons. The molecule has 1 aromatic carbocycles. The minimum atomic E-state index is -0.481. The standard InChI is InChI=1S/C23H31BrN2O4/c1-22(2,3)30-21(28)25-12-9-23(10-13-25)16-26(11-5-6-18(15-27)29-4)20-8-7-17(24)14-19(20)23/h7-8,14H,5-6,9-13,16H2,1-4H3. The molecule has 1 spiro atoms. The summed E-state index contributed by atoms with van der Waals surface area (Å²) in [4.78, 5) is 27.6. The van der Waals surface area contributed by atoms with Crippen LogP contribution in [0.3, 0.4) is 0 Å². The molecule has 0 aromatic heterocycles. The van der Waals surface area contributed by atoms with E-state index in [4.69, 9.17) is 9.47 Å². The summed E-state index contributed by atoms with van der Waals surface area (Å²) >= 11 is 3.63. The maximum atomic E-state index is 12.5. The van der Waals surface area contributed by atoms with Crippen molar-refractivity contribution in [3.63, 3.8) is 0 Å². The van der Waals surface area contributed by atoms with E-state index in [0.717, 1.165) is 36.8 Å². The van der Waals surface area contributed by atoms with Gasteiger partial charge in [-0.3, -0.25) is 0 Å². The van der Waals surface area contributed by atoms with Crippen molar-refractivity contribution >= 4 is 33.7 Å². The molecule has 6 nitrogen and oxygen atoms in total. The number of ether oxygens (including phenoxy) is 2. The summed E-state index contributed by atoms with van der Waals surface area (Å²) in [5, 5.41) is 0. The minimum absolute atomic E-state index is 0.0300. The summed E-state index contributed by atoms with van der Waals surface area (Å²) in [7, 11) is 1.51. The number of fused-ring (bicyclic) bond motifs is 2. The van der Waals surface area contributed by atoms with Crippen LogP contribution in [-0.4, -0.2) is 55.8 Å². The number of hydrogen-bond donors (Lipinski definition) is 0. The van der Waals surface area contributed by atoms with Crippen molar-refractivity contribution in [2.24, 2.45) is 0 Å². The highest BCUT2D eigenvalue weighted by atomic mass is 79.9. The highest BCUT2D eigenvalue weighted by Crippen LogP contribution is 2.48. The smallest absolute Gasteiger partial charge is 0.410 e. The predicted molar refractivity (Wildman–Crippen MR) is 121 cm³/mol. The molecular formula is C23H31BrN2O4. The molecule has 0 bridgehead atoms. The number of nitrogens with zero attached hydrogens (tertiary/aromatic N) is 2. The van der Waals surface area contributed by atoms with Gasteiger partial charge in [0.25, 0.3) is 0 Å². The van der Waals surface area contributed by atoms with E-state index in [1.807, 2.05) is 31.6 Å². The zero-order chi connectivity index (χ0) is 21.9. The summed E-state index contributed by atoms with van der Waals surface area (Å²) in [6, 6.07) is 6.47. The first kappa shape index (κ1) is 22.7. The van der Waals surface area contributed by atoms with Gasteiger partial charge in [-0.25, -0.2) is 9.59 Å². The van der Waals surface area contributed by atoms with Crippen molar-refractivity contribution in [3.05, 3.63) is 34.0 Å². The summed E-state index contributed by atoms with van der Waals surface area (Å²) in [6.07, 6.45) is 3.00. The van der Waals surface area contributed by atoms with Gasteiger partial charge in [0.1, 0.15) is 5.60 Å². The largest absolute Gasteiger partial charge is 0.490 e. The van der Waals surface area contributed by atoms with Crippen LogP contribution in [0.15, 0.2) is 28.4 Å². The van der Waals surface area contributed by atoms with Gasteiger partial charge < -0.3 is 19.3 Å². The first-order chi connectivity index (χ1) is 14.2. The molecule has 1 saturated heterocycles. The molecule has 1 fully saturated rings. The number of carbonyl (C=O) groups excluding carboxylic acids is 2. The van der Waals surface area contributed by atoms with Gasteiger partial charge in [-0.05, 0) is 63.8 Å². The lowest BCUT2D eigenvalue weighted by molar-refractivity contribution is 0.0170. The van der Waals surface area contributed by atoms with Gasteiger partial charge in [0.15, 0.2) is 11.7 Å². The second-order valence-electron chi connectivity index (χ2n) is 9.16. The molecule has 1 aromatic rings. The fourth-order valence-electron chi connectivity index (χ4n) is 4.44. The van der Waals surface area contributed by atoms with Gasteiger partial charge in [0.2, 0.25) is 0 Å². The fraction of sp³-hybridized carbons (Fsp3) is 0.609. The van der Waals surface area contributed by atoms with Crippen molar-refractivity contribution in [1.82, 2.24) is 4.90 Å². The number of piperidine rings is 1. The Labute approximate surface area is 187 Å². The van der Waals surface area contributed by atoms with Crippen molar-refractivity contribution in [2.75, 3.05) is 38.2 Å². The molecule has 2 aliphatic heterocycles. The first-order valence-corrected chi connectivity index (χ1v) is 11.3. The molecule has 30 heavy (non-hydrogen) atoms. The lowest BCUT2D eigenvalue weighted by Gasteiger charge is -2.40. The molecule has 0 unspecified atom stereocenters. The number of hydrogen-bond acceptors (Lipinski definition) is 5. The SMILES string of the molecule is COC(=C=O)CCCN1CC2(CCN(C(=O)OC(C)(C)C)CC2)c2cc(Br)ccc21. The normalized spacial score (nSPS) is 17.5. The van der Waals surface area contributed by atoms with Crippen LogP contribution in [0.1, 0.15) is 52.0 Å². The lowest BCUT2D eigenvalue weighted by Crippen LogP contribution is -2.48. The minimum Gasteiger partial charge on any atom is -0.490 e. The zero-order valence-corrected chi connectivity index (χ0v) is 19.9. The Morgan fingerprint density at radius 1 is 1.27 bits per heavy atom. The van der Waals surface area contributed by atoms with Crippen LogP contribution < -0.4 is 4.90 Å². The van der Waals surface area contributed by atoms with E-state index in [-0.39, 0.29) is 11.5 Å². The third kappa shape index (κ3) is 5.01. The number of amides is 1. The monoisotopic (exact) mass is 478 g/mol. The van der Waals surface area contributed by atoms with Crippen LogP contribution in [0.4, 0.5) is 10.5 Å². The number of anilines is 1. The van der Waals surface area contributed by atoms with Crippen molar-refractivity contribution in [1.29, 1.82) is 0 Å².